The van der Waals surface area contributed by atoms with Crippen LogP contribution in [0.25, 0.3) is 6.08 Å². The van der Waals surface area contributed by atoms with Gasteiger partial charge in [0.1, 0.15) is 6.29 Å². The van der Waals surface area contributed by atoms with Crippen molar-refractivity contribution >= 4 is 47.2 Å². The lowest BCUT2D eigenvalue weighted by molar-refractivity contribution is -0.104. The van der Waals surface area contributed by atoms with Crippen LogP contribution in [0.15, 0.2) is 17.7 Å². The largest absolute Gasteiger partial charge is 0.298 e. The standard InChI is InChI=1S/C11H9Cl3O/c1-2-7(6-15)5-8-9(12)3-4-10(13)11(8)14/h3-6H,2H2,1H3/b7-5-. The average molecular weight is 264 g/mol. The highest BCUT2D eigenvalue weighted by Crippen LogP contribution is 2.33. The summed E-state index contributed by atoms with van der Waals surface area (Å²) in [5.74, 6) is 0. The van der Waals surface area contributed by atoms with Crippen molar-refractivity contribution in [1.82, 2.24) is 0 Å². The minimum absolute atomic E-state index is 0.372. The van der Waals surface area contributed by atoms with Gasteiger partial charge in [0.05, 0.1) is 10.0 Å². The van der Waals surface area contributed by atoms with E-state index in [0.717, 1.165) is 6.29 Å². The Morgan fingerprint density at radius 2 is 1.87 bits per heavy atom. The van der Waals surface area contributed by atoms with Crippen LogP contribution in [0.1, 0.15) is 18.9 Å². The Kier molecular flexibility index (Phi) is 4.65. The second-order valence-corrected chi connectivity index (χ2v) is 4.14. The quantitative estimate of drug-likeness (QED) is 0.441. The molecule has 0 N–H and O–H groups in total. The minimum atomic E-state index is 0.372. The van der Waals surface area contributed by atoms with Gasteiger partial charge in [0, 0.05) is 10.6 Å². The summed E-state index contributed by atoms with van der Waals surface area (Å²) in [5.41, 5.74) is 1.22. The Morgan fingerprint density at radius 1 is 1.27 bits per heavy atom. The fraction of sp³-hybridized carbons (Fsp3) is 0.182. The van der Waals surface area contributed by atoms with E-state index in [-0.39, 0.29) is 0 Å². The number of hydrogen-bond acceptors (Lipinski definition) is 1. The van der Waals surface area contributed by atoms with Crippen molar-refractivity contribution in [2.45, 2.75) is 13.3 Å². The Bertz CT molecular complexity index is 411. The Labute approximate surface area is 104 Å². The van der Waals surface area contributed by atoms with Crippen molar-refractivity contribution in [2.24, 2.45) is 0 Å². The van der Waals surface area contributed by atoms with Gasteiger partial charge in [-0.15, -0.1) is 0 Å². The van der Waals surface area contributed by atoms with E-state index in [1.165, 1.54) is 0 Å². The summed E-state index contributed by atoms with van der Waals surface area (Å²) in [6.45, 7) is 1.88. The molecular formula is C11H9Cl3O. The van der Waals surface area contributed by atoms with Gasteiger partial charge in [-0.3, -0.25) is 4.79 Å². The molecule has 0 spiro atoms. The predicted octanol–water partition coefficient (Wildman–Crippen LogP) is 4.64. The van der Waals surface area contributed by atoms with Gasteiger partial charge in [0.15, 0.2) is 0 Å². The molecule has 0 heterocycles. The molecule has 0 aliphatic carbocycles. The second-order valence-electron chi connectivity index (χ2n) is 2.95. The fourth-order valence-electron chi connectivity index (χ4n) is 1.08. The number of halogens is 3. The van der Waals surface area contributed by atoms with Gasteiger partial charge in [-0.05, 0) is 30.2 Å². The maximum Gasteiger partial charge on any atom is 0.146 e. The number of allylic oxidation sites excluding steroid dienone is 1. The van der Waals surface area contributed by atoms with Crippen LogP contribution >= 0.6 is 34.8 Å². The number of carbonyl (C=O) groups is 1. The van der Waals surface area contributed by atoms with Crippen LogP contribution in [0.4, 0.5) is 0 Å². The molecule has 0 atom stereocenters. The molecule has 1 rings (SSSR count). The normalized spacial score (nSPS) is 11.6. The minimum Gasteiger partial charge on any atom is -0.298 e. The maximum atomic E-state index is 10.7. The molecule has 0 aliphatic heterocycles. The zero-order valence-corrected chi connectivity index (χ0v) is 10.3. The summed E-state index contributed by atoms with van der Waals surface area (Å²) in [7, 11) is 0. The average Bonchev–Trinajstić information content (AvgIpc) is 2.24. The molecule has 0 unspecified atom stereocenters. The van der Waals surface area contributed by atoms with Crippen LogP contribution in [0.3, 0.4) is 0 Å². The molecule has 0 amide bonds. The third-order valence-corrected chi connectivity index (χ3v) is 3.12. The molecule has 1 aromatic rings. The lowest BCUT2D eigenvalue weighted by Crippen LogP contribution is -1.85. The highest BCUT2D eigenvalue weighted by atomic mass is 35.5. The van der Waals surface area contributed by atoms with E-state index in [0.29, 0.717) is 32.6 Å². The molecule has 80 valence electrons. The number of aldehydes is 1. The summed E-state index contributed by atoms with van der Waals surface area (Å²) in [6.07, 6.45) is 3.07. The Balaban J connectivity index is 3.30. The zero-order chi connectivity index (χ0) is 11.4. The van der Waals surface area contributed by atoms with Crippen molar-refractivity contribution in [3.63, 3.8) is 0 Å². The van der Waals surface area contributed by atoms with E-state index in [1.807, 2.05) is 6.92 Å². The van der Waals surface area contributed by atoms with Gasteiger partial charge < -0.3 is 0 Å². The summed E-state index contributed by atoms with van der Waals surface area (Å²) in [5, 5.41) is 1.28. The van der Waals surface area contributed by atoms with E-state index < -0.39 is 0 Å². The van der Waals surface area contributed by atoms with E-state index in [9.17, 15) is 4.79 Å². The molecular weight excluding hydrogens is 254 g/mol. The molecule has 0 fully saturated rings. The van der Waals surface area contributed by atoms with Crippen LogP contribution in [0.5, 0.6) is 0 Å². The second kappa shape index (κ2) is 5.55. The molecule has 0 aromatic heterocycles. The summed E-state index contributed by atoms with van der Waals surface area (Å²) >= 11 is 17.8. The molecule has 0 saturated heterocycles. The van der Waals surface area contributed by atoms with E-state index in [2.05, 4.69) is 0 Å². The van der Waals surface area contributed by atoms with E-state index in [1.54, 1.807) is 18.2 Å². The van der Waals surface area contributed by atoms with E-state index >= 15 is 0 Å². The van der Waals surface area contributed by atoms with Crippen LogP contribution in [-0.4, -0.2) is 6.29 Å². The zero-order valence-electron chi connectivity index (χ0n) is 8.06. The Hall–Kier alpha value is -0.500. The van der Waals surface area contributed by atoms with Gasteiger partial charge in [0.2, 0.25) is 0 Å². The van der Waals surface area contributed by atoms with Gasteiger partial charge in [0.25, 0.3) is 0 Å². The molecule has 1 nitrogen and oxygen atoms in total. The van der Waals surface area contributed by atoms with Crippen LogP contribution in [-0.2, 0) is 4.79 Å². The van der Waals surface area contributed by atoms with Gasteiger partial charge in [-0.25, -0.2) is 0 Å². The highest BCUT2D eigenvalue weighted by molar-refractivity contribution is 6.44. The third-order valence-electron chi connectivity index (χ3n) is 1.97. The lowest BCUT2D eigenvalue weighted by atomic mass is 10.1. The van der Waals surface area contributed by atoms with Crippen LogP contribution < -0.4 is 0 Å². The SMILES string of the molecule is CC/C(C=O)=C/c1c(Cl)ccc(Cl)c1Cl. The molecule has 0 saturated carbocycles. The van der Waals surface area contributed by atoms with Crippen molar-refractivity contribution in [2.75, 3.05) is 0 Å². The number of hydrogen-bond donors (Lipinski definition) is 0. The summed E-state index contributed by atoms with van der Waals surface area (Å²) < 4.78 is 0. The number of carbonyl (C=O) groups excluding carboxylic acids is 1. The molecule has 0 aliphatic rings. The molecule has 0 bridgehead atoms. The van der Waals surface area contributed by atoms with Crippen molar-refractivity contribution in [3.8, 4) is 0 Å². The van der Waals surface area contributed by atoms with Crippen molar-refractivity contribution < 1.29 is 4.79 Å². The first kappa shape index (κ1) is 12.6. The van der Waals surface area contributed by atoms with Crippen molar-refractivity contribution in [3.05, 3.63) is 38.3 Å². The first-order valence-corrected chi connectivity index (χ1v) is 5.52. The first-order valence-electron chi connectivity index (χ1n) is 4.39. The maximum absolute atomic E-state index is 10.7. The molecule has 4 heteroatoms. The molecule has 1 aromatic carbocycles. The summed E-state index contributed by atoms with van der Waals surface area (Å²) in [4.78, 5) is 10.7. The van der Waals surface area contributed by atoms with Crippen LogP contribution in [0.2, 0.25) is 15.1 Å². The van der Waals surface area contributed by atoms with Gasteiger partial charge in [-0.2, -0.15) is 0 Å². The lowest BCUT2D eigenvalue weighted by Gasteiger charge is -2.04. The third kappa shape index (κ3) is 2.97. The predicted molar refractivity (Wildman–Crippen MR) is 65.8 cm³/mol. The number of benzene rings is 1. The summed E-state index contributed by atoms with van der Waals surface area (Å²) in [6, 6.07) is 3.27. The fourth-order valence-corrected chi connectivity index (χ4v) is 1.72. The molecule has 0 radical (unpaired) electrons. The topological polar surface area (TPSA) is 17.1 Å². The highest BCUT2D eigenvalue weighted by Gasteiger charge is 2.07. The smallest absolute Gasteiger partial charge is 0.146 e. The monoisotopic (exact) mass is 262 g/mol. The van der Waals surface area contributed by atoms with Crippen LogP contribution in [0, 0.1) is 0 Å². The Morgan fingerprint density at radius 3 is 2.40 bits per heavy atom. The first-order chi connectivity index (χ1) is 7.10. The molecule has 15 heavy (non-hydrogen) atoms. The van der Waals surface area contributed by atoms with Gasteiger partial charge in [-0.1, -0.05) is 41.7 Å². The van der Waals surface area contributed by atoms with E-state index in [4.69, 9.17) is 34.8 Å². The van der Waals surface area contributed by atoms with Gasteiger partial charge >= 0.3 is 0 Å². The number of rotatable bonds is 3. The van der Waals surface area contributed by atoms with Crippen molar-refractivity contribution in [1.29, 1.82) is 0 Å².